The summed E-state index contributed by atoms with van der Waals surface area (Å²) in [7, 11) is 1.33. The number of hydrogen-bond acceptors (Lipinski definition) is 4. The molecule has 2 aromatic rings. The first-order valence-electron chi connectivity index (χ1n) is 7.67. The van der Waals surface area contributed by atoms with Crippen molar-refractivity contribution in [2.75, 3.05) is 5.32 Å². The van der Waals surface area contributed by atoms with Crippen molar-refractivity contribution < 1.29 is 9.18 Å². The molecular weight excluding hydrogens is 393 g/mol. The Morgan fingerprint density at radius 1 is 1.28 bits per heavy atom. The number of hydrogen-bond donors (Lipinski definition) is 1. The predicted octanol–water partition coefficient (Wildman–Crippen LogP) is 2.51. The molecule has 0 saturated carbocycles. The number of nitrogens with zero attached hydrogens (tertiary/aromatic N) is 2. The highest BCUT2D eigenvalue weighted by atomic mass is 79.9. The minimum absolute atomic E-state index is 0.0591. The molecule has 1 aliphatic heterocycles. The molecule has 0 atom stereocenters. The van der Waals surface area contributed by atoms with E-state index < -0.39 is 22.8 Å². The summed E-state index contributed by atoms with van der Waals surface area (Å²) in [6.07, 6.45) is 1.99. The largest absolute Gasteiger partial charge is 0.338 e. The van der Waals surface area contributed by atoms with Gasteiger partial charge in [0, 0.05) is 23.6 Å². The third-order valence-electron chi connectivity index (χ3n) is 3.98. The first kappa shape index (κ1) is 17.3. The van der Waals surface area contributed by atoms with Gasteiger partial charge in [-0.25, -0.2) is 9.18 Å². The molecule has 0 spiro atoms. The zero-order valence-corrected chi connectivity index (χ0v) is 15.2. The van der Waals surface area contributed by atoms with Gasteiger partial charge in [0.15, 0.2) is 0 Å². The van der Waals surface area contributed by atoms with Crippen molar-refractivity contribution in [1.29, 1.82) is 0 Å². The van der Waals surface area contributed by atoms with Crippen molar-refractivity contribution in [1.82, 2.24) is 9.13 Å². The van der Waals surface area contributed by atoms with E-state index in [4.69, 9.17) is 0 Å². The van der Waals surface area contributed by atoms with Gasteiger partial charge in [-0.1, -0.05) is 28.9 Å². The Balaban J connectivity index is 2.17. The van der Waals surface area contributed by atoms with Gasteiger partial charge in [0.05, 0.1) is 5.70 Å². The Bertz CT molecular complexity index is 1040. The van der Waals surface area contributed by atoms with E-state index in [1.54, 1.807) is 6.07 Å². The molecule has 3 rings (SSSR count). The van der Waals surface area contributed by atoms with Gasteiger partial charge in [0.1, 0.15) is 17.2 Å². The van der Waals surface area contributed by atoms with Crippen LogP contribution >= 0.6 is 15.9 Å². The lowest BCUT2D eigenvalue weighted by atomic mass is 10.1. The summed E-state index contributed by atoms with van der Waals surface area (Å²) in [5.41, 5.74) is -0.998. The molecule has 8 heteroatoms. The fourth-order valence-corrected chi connectivity index (χ4v) is 3.06. The Hall–Kier alpha value is -2.48. The quantitative estimate of drug-likeness (QED) is 0.793. The minimum atomic E-state index is -0.662. The van der Waals surface area contributed by atoms with Gasteiger partial charge < -0.3 is 5.32 Å². The second-order valence-corrected chi connectivity index (χ2v) is 6.62. The number of rotatable bonds is 3. The molecule has 1 aromatic heterocycles. The van der Waals surface area contributed by atoms with Crippen molar-refractivity contribution >= 4 is 33.6 Å². The molecule has 0 saturated heterocycles. The summed E-state index contributed by atoms with van der Waals surface area (Å²) >= 11 is 3.17. The number of ketones is 1. The Morgan fingerprint density at radius 3 is 2.64 bits per heavy atom. The number of anilines is 1. The van der Waals surface area contributed by atoms with Gasteiger partial charge in [0.2, 0.25) is 5.78 Å². The lowest BCUT2D eigenvalue weighted by Crippen LogP contribution is -2.40. The summed E-state index contributed by atoms with van der Waals surface area (Å²) < 4.78 is 16.9. The zero-order chi connectivity index (χ0) is 18.3. The number of nitrogens with one attached hydrogen (secondary N) is 1. The van der Waals surface area contributed by atoms with Crippen LogP contribution < -0.4 is 16.6 Å². The van der Waals surface area contributed by atoms with Gasteiger partial charge in [-0.3, -0.25) is 18.7 Å². The fraction of sp³-hybridized carbons (Fsp3) is 0.235. The van der Waals surface area contributed by atoms with Crippen molar-refractivity contribution in [3.05, 3.63) is 66.2 Å². The molecular formula is C17H15BrFN3O3. The average Bonchev–Trinajstić information content (AvgIpc) is 2.89. The smallest absolute Gasteiger partial charge is 0.332 e. The van der Waals surface area contributed by atoms with E-state index >= 15 is 0 Å². The Labute approximate surface area is 150 Å². The molecule has 1 N–H and O–H groups in total. The number of Topliss-reactive ketones (excluding diaryl/α,β-unsaturated/α-hetero) is 1. The summed E-state index contributed by atoms with van der Waals surface area (Å²) in [6.45, 7) is 2.24. The lowest BCUT2D eigenvalue weighted by molar-refractivity contribution is 0.104. The molecule has 130 valence electrons. The number of carbonyl (C=O) groups excluding carboxylic acids is 1. The van der Waals surface area contributed by atoms with E-state index in [9.17, 15) is 18.8 Å². The zero-order valence-electron chi connectivity index (χ0n) is 13.6. The molecule has 0 bridgehead atoms. The second kappa shape index (κ2) is 6.44. The average molecular weight is 408 g/mol. The molecule has 1 aliphatic rings. The molecule has 25 heavy (non-hydrogen) atoms. The number of aromatic nitrogens is 2. The van der Waals surface area contributed by atoms with Crippen LogP contribution in [-0.4, -0.2) is 14.9 Å². The van der Waals surface area contributed by atoms with E-state index in [2.05, 4.69) is 21.2 Å². The van der Waals surface area contributed by atoms with Crippen LogP contribution in [0.15, 0.2) is 38.0 Å². The normalized spacial score (nSPS) is 14.7. The SMILES string of the molecule is CCCn1c2c(c(=O)n(C)c1=O)C(=O)/C(=C/c1ccc(Br)cc1F)N2. The van der Waals surface area contributed by atoms with E-state index in [0.29, 0.717) is 17.4 Å². The summed E-state index contributed by atoms with van der Waals surface area (Å²) in [4.78, 5) is 37.3. The van der Waals surface area contributed by atoms with Crippen molar-refractivity contribution in [3.8, 4) is 0 Å². The topological polar surface area (TPSA) is 73.1 Å². The monoisotopic (exact) mass is 407 g/mol. The van der Waals surface area contributed by atoms with Crippen LogP contribution in [-0.2, 0) is 13.6 Å². The standard InChI is InChI=1S/C17H15BrFN3O3/c1-3-6-22-15-13(16(24)21(2)17(22)25)14(23)12(20-15)7-9-4-5-10(18)8-11(9)19/h4-5,7-8,20H,3,6H2,1-2H3/b12-7-. The first-order valence-corrected chi connectivity index (χ1v) is 8.46. The molecule has 0 aliphatic carbocycles. The fourth-order valence-electron chi connectivity index (χ4n) is 2.73. The van der Waals surface area contributed by atoms with E-state index in [1.807, 2.05) is 6.92 Å². The maximum Gasteiger partial charge on any atom is 0.332 e. The predicted molar refractivity (Wildman–Crippen MR) is 96.3 cm³/mol. The van der Waals surface area contributed by atoms with Crippen molar-refractivity contribution in [2.24, 2.45) is 7.05 Å². The first-order chi connectivity index (χ1) is 11.8. The molecule has 0 radical (unpaired) electrons. The van der Waals surface area contributed by atoms with Crippen LogP contribution in [0.2, 0.25) is 0 Å². The minimum Gasteiger partial charge on any atom is -0.338 e. The van der Waals surface area contributed by atoms with Crippen LogP contribution in [0.1, 0.15) is 29.3 Å². The van der Waals surface area contributed by atoms with E-state index in [-0.39, 0.29) is 22.6 Å². The lowest BCUT2D eigenvalue weighted by Gasteiger charge is -2.11. The highest BCUT2D eigenvalue weighted by Gasteiger charge is 2.32. The second-order valence-electron chi connectivity index (χ2n) is 5.70. The van der Waals surface area contributed by atoms with E-state index in [1.165, 1.54) is 29.8 Å². The molecule has 0 amide bonds. The summed E-state index contributed by atoms with van der Waals surface area (Å²) in [6, 6.07) is 4.45. The maximum absolute atomic E-state index is 14.0. The number of fused-ring (bicyclic) bond motifs is 1. The summed E-state index contributed by atoms with van der Waals surface area (Å²) in [5.74, 6) is -0.891. The van der Waals surface area contributed by atoms with Gasteiger partial charge in [-0.15, -0.1) is 0 Å². The third kappa shape index (κ3) is 2.86. The highest BCUT2D eigenvalue weighted by Crippen LogP contribution is 2.27. The van der Waals surface area contributed by atoms with Gasteiger partial charge in [-0.05, 0) is 24.6 Å². The van der Waals surface area contributed by atoms with Crippen LogP contribution in [0.5, 0.6) is 0 Å². The number of benzene rings is 1. The molecule has 0 unspecified atom stereocenters. The highest BCUT2D eigenvalue weighted by molar-refractivity contribution is 9.10. The number of halogens is 2. The molecule has 1 aromatic carbocycles. The molecule has 2 heterocycles. The van der Waals surface area contributed by atoms with Crippen molar-refractivity contribution in [2.45, 2.75) is 19.9 Å². The number of allylic oxidation sites excluding steroid dienone is 1. The third-order valence-corrected chi connectivity index (χ3v) is 4.47. The van der Waals surface area contributed by atoms with Gasteiger partial charge in [-0.2, -0.15) is 0 Å². The van der Waals surface area contributed by atoms with Crippen LogP contribution in [0.3, 0.4) is 0 Å². The van der Waals surface area contributed by atoms with Gasteiger partial charge in [0.25, 0.3) is 5.56 Å². The van der Waals surface area contributed by atoms with Crippen molar-refractivity contribution in [3.63, 3.8) is 0 Å². The summed E-state index contributed by atoms with van der Waals surface area (Å²) in [5, 5.41) is 2.82. The molecule has 6 nitrogen and oxygen atoms in total. The van der Waals surface area contributed by atoms with E-state index in [0.717, 1.165) is 4.57 Å². The van der Waals surface area contributed by atoms with Crippen LogP contribution in [0.4, 0.5) is 10.2 Å². The Kier molecular flexibility index (Phi) is 4.47. The Morgan fingerprint density at radius 2 is 2.00 bits per heavy atom. The van der Waals surface area contributed by atoms with Crippen LogP contribution in [0.25, 0.3) is 6.08 Å². The molecule has 0 fully saturated rings. The number of carbonyl (C=O) groups is 1. The maximum atomic E-state index is 14.0. The van der Waals surface area contributed by atoms with Crippen LogP contribution in [0, 0.1) is 5.82 Å². The van der Waals surface area contributed by atoms with Gasteiger partial charge >= 0.3 is 5.69 Å².